The fourth-order valence-corrected chi connectivity index (χ4v) is 1.18. The first kappa shape index (κ1) is 10.0. The van der Waals surface area contributed by atoms with Crippen molar-refractivity contribution >= 4 is 11.8 Å². The lowest BCUT2D eigenvalue weighted by Crippen LogP contribution is -2.48. The molecule has 4 heteroatoms. The normalized spacial score (nSPS) is 18.4. The van der Waals surface area contributed by atoms with Crippen LogP contribution < -0.4 is 11.1 Å². The molecule has 13 heavy (non-hydrogen) atoms. The molecule has 0 aliphatic heterocycles. The molecular formula is C9H16N2O2. The van der Waals surface area contributed by atoms with Gasteiger partial charge in [0, 0.05) is 5.92 Å². The predicted molar refractivity (Wildman–Crippen MR) is 48.7 cm³/mol. The van der Waals surface area contributed by atoms with Crippen molar-refractivity contribution in [3.05, 3.63) is 0 Å². The van der Waals surface area contributed by atoms with Crippen LogP contribution in [0.15, 0.2) is 0 Å². The van der Waals surface area contributed by atoms with Gasteiger partial charge in [-0.2, -0.15) is 0 Å². The zero-order valence-corrected chi connectivity index (χ0v) is 8.04. The van der Waals surface area contributed by atoms with Gasteiger partial charge in [0.05, 0.1) is 0 Å². The number of primary amides is 1. The van der Waals surface area contributed by atoms with E-state index in [4.69, 9.17) is 5.73 Å². The molecule has 0 aromatic heterocycles. The molecule has 4 nitrogen and oxygen atoms in total. The maximum atomic E-state index is 11.3. The van der Waals surface area contributed by atoms with E-state index in [9.17, 15) is 9.59 Å². The Morgan fingerprint density at radius 1 is 1.38 bits per heavy atom. The van der Waals surface area contributed by atoms with Crippen LogP contribution >= 0.6 is 0 Å². The summed E-state index contributed by atoms with van der Waals surface area (Å²) in [5.41, 5.74) is 5.15. The molecule has 1 saturated carbocycles. The Hall–Kier alpha value is -1.06. The van der Waals surface area contributed by atoms with E-state index in [0.29, 0.717) is 0 Å². The van der Waals surface area contributed by atoms with E-state index in [1.165, 1.54) is 0 Å². The number of hydrogen-bond donors (Lipinski definition) is 2. The maximum absolute atomic E-state index is 11.3. The van der Waals surface area contributed by atoms with Crippen molar-refractivity contribution in [2.75, 3.05) is 0 Å². The summed E-state index contributed by atoms with van der Waals surface area (Å²) in [6.07, 6.45) is 1.88. The number of rotatable bonds is 4. The molecule has 1 rings (SSSR count). The van der Waals surface area contributed by atoms with E-state index in [1.54, 1.807) is 0 Å². The third-order valence-electron chi connectivity index (χ3n) is 2.22. The molecule has 1 aliphatic carbocycles. The first-order valence-electron chi connectivity index (χ1n) is 4.62. The van der Waals surface area contributed by atoms with Crippen LogP contribution in [0.4, 0.5) is 0 Å². The molecule has 1 atom stereocenters. The van der Waals surface area contributed by atoms with Crippen LogP contribution in [-0.2, 0) is 9.59 Å². The molecule has 0 spiro atoms. The Kier molecular flexibility index (Phi) is 2.90. The minimum absolute atomic E-state index is 0.0301. The van der Waals surface area contributed by atoms with Gasteiger partial charge in [-0.1, -0.05) is 13.8 Å². The number of amides is 2. The minimum atomic E-state index is -0.520. The van der Waals surface area contributed by atoms with E-state index < -0.39 is 11.9 Å². The zero-order chi connectivity index (χ0) is 10.0. The Bertz CT molecular complexity index is 222. The minimum Gasteiger partial charge on any atom is -0.368 e. The molecular weight excluding hydrogens is 168 g/mol. The van der Waals surface area contributed by atoms with E-state index >= 15 is 0 Å². The molecule has 3 N–H and O–H groups in total. The highest BCUT2D eigenvalue weighted by atomic mass is 16.2. The zero-order valence-electron chi connectivity index (χ0n) is 8.04. The summed E-state index contributed by atoms with van der Waals surface area (Å²) in [6.45, 7) is 3.73. The molecule has 0 unspecified atom stereocenters. The van der Waals surface area contributed by atoms with Crippen molar-refractivity contribution in [3.8, 4) is 0 Å². The average Bonchev–Trinajstić information content (AvgIpc) is 2.80. The van der Waals surface area contributed by atoms with Crippen molar-refractivity contribution in [3.63, 3.8) is 0 Å². The van der Waals surface area contributed by atoms with Gasteiger partial charge in [0.15, 0.2) is 0 Å². The molecule has 74 valence electrons. The fraction of sp³-hybridized carbons (Fsp3) is 0.778. The topological polar surface area (TPSA) is 72.2 Å². The van der Waals surface area contributed by atoms with Crippen LogP contribution in [0.2, 0.25) is 0 Å². The van der Waals surface area contributed by atoms with Crippen molar-refractivity contribution < 1.29 is 9.59 Å². The Balaban J connectivity index is 2.46. The average molecular weight is 184 g/mol. The highest BCUT2D eigenvalue weighted by molar-refractivity contribution is 5.88. The molecule has 0 radical (unpaired) electrons. The Labute approximate surface area is 77.9 Å². The quantitative estimate of drug-likeness (QED) is 0.646. The van der Waals surface area contributed by atoms with E-state index in [1.807, 2.05) is 13.8 Å². The number of nitrogens with one attached hydrogen (secondary N) is 1. The van der Waals surface area contributed by atoms with Crippen molar-refractivity contribution in [1.82, 2.24) is 5.32 Å². The largest absolute Gasteiger partial charge is 0.368 e. The summed E-state index contributed by atoms with van der Waals surface area (Å²) in [4.78, 5) is 22.2. The van der Waals surface area contributed by atoms with E-state index in [0.717, 1.165) is 12.8 Å². The molecule has 0 aromatic rings. The van der Waals surface area contributed by atoms with Gasteiger partial charge < -0.3 is 11.1 Å². The molecule has 1 fully saturated rings. The lowest BCUT2D eigenvalue weighted by Gasteiger charge is -2.18. The van der Waals surface area contributed by atoms with E-state index in [-0.39, 0.29) is 17.7 Å². The highest BCUT2D eigenvalue weighted by Crippen LogP contribution is 2.29. The van der Waals surface area contributed by atoms with Crippen molar-refractivity contribution in [2.45, 2.75) is 32.7 Å². The highest BCUT2D eigenvalue weighted by Gasteiger charge is 2.32. The van der Waals surface area contributed by atoms with Gasteiger partial charge in [-0.3, -0.25) is 9.59 Å². The van der Waals surface area contributed by atoms with Crippen molar-refractivity contribution in [2.24, 2.45) is 17.6 Å². The van der Waals surface area contributed by atoms with Gasteiger partial charge in [0.25, 0.3) is 0 Å². The number of carbonyl (C=O) groups is 2. The van der Waals surface area contributed by atoms with Crippen LogP contribution in [0.3, 0.4) is 0 Å². The third kappa shape index (κ3) is 2.72. The van der Waals surface area contributed by atoms with Gasteiger partial charge >= 0.3 is 0 Å². The van der Waals surface area contributed by atoms with Gasteiger partial charge in [0.2, 0.25) is 11.8 Å². The molecule has 0 saturated heterocycles. The van der Waals surface area contributed by atoms with Crippen LogP contribution in [0.5, 0.6) is 0 Å². The lowest BCUT2D eigenvalue weighted by atomic mass is 10.0. The first-order valence-corrected chi connectivity index (χ1v) is 4.62. The first-order chi connectivity index (χ1) is 6.02. The van der Waals surface area contributed by atoms with Gasteiger partial charge in [-0.15, -0.1) is 0 Å². The summed E-state index contributed by atoms with van der Waals surface area (Å²) in [6, 6.07) is -0.520. The van der Waals surface area contributed by atoms with Gasteiger partial charge in [-0.25, -0.2) is 0 Å². The predicted octanol–water partition coefficient (Wildman–Crippen LogP) is 0.0225. The summed E-state index contributed by atoms with van der Waals surface area (Å²) in [5, 5.41) is 2.66. The van der Waals surface area contributed by atoms with Crippen LogP contribution in [-0.4, -0.2) is 17.9 Å². The third-order valence-corrected chi connectivity index (χ3v) is 2.22. The lowest BCUT2D eigenvalue weighted by molar-refractivity contribution is -0.129. The maximum Gasteiger partial charge on any atom is 0.240 e. The molecule has 2 amide bonds. The second-order valence-electron chi connectivity index (χ2n) is 3.91. The SMILES string of the molecule is CC(C)[C@@H](NC(=O)C1CC1)C(N)=O. The van der Waals surface area contributed by atoms with Crippen LogP contribution in [0, 0.1) is 11.8 Å². The summed E-state index contributed by atoms with van der Waals surface area (Å²) in [7, 11) is 0. The fourth-order valence-electron chi connectivity index (χ4n) is 1.18. The van der Waals surface area contributed by atoms with Gasteiger partial charge in [0.1, 0.15) is 6.04 Å². The second kappa shape index (κ2) is 3.77. The van der Waals surface area contributed by atoms with E-state index in [2.05, 4.69) is 5.32 Å². The summed E-state index contributed by atoms with van der Waals surface area (Å²) < 4.78 is 0. The summed E-state index contributed by atoms with van der Waals surface area (Å²) >= 11 is 0. The molecule has 1 aliphatic rings. The number of hydrogen-bond acceptors (Lipinski definition) is 2. The summed E-state index contributed by atoms with van der Waals surface area (Å²) in [5.74, 6) is -0.303. The number of nitrogens with two attached hydrogens (primary N) is 1. The molecule has 0 heterocycles. The monoisotopic (exact) mass is 184 g/mol. The standard InChI is InChI=1S/C9H16N2O2/c1-5(2)7(8(10)12)11-9(13)6-3-4-6/h5-7H,3-4H2,1-2H3,(H2,10,12)(H,11,13)/t7-/m1/s1. The second-order valence-corrected chi connectivity index (χ2v) is 3.91. The molecule has 0 aromatic carbocycles. The smallest absolute Gasteiger partial charge is 0.240 e. The number of carbonyl (C=O) groups excluding carboxylic acids is 2. The van der Waals surface area contributed by atoms with Crippen molar-refractivity contribution in [1.29, 1.82) is 0 Å². The Morgan fingerprint density at radius 2 is 1.92 bits per heavy atom. The van der Waals surface area contributed by atoms with Gasteiger partial charge in [-0.05, 0) is 18.8 Å². The van der Waals surface area contributed by atoms with Crippen LogP contribution in [0.25, 0.3) is 0 Å². The molecule has 0 bridgehead atoms. The van der Waals surface area contributed by atoms with Crippen LogP contribution in [0.1, 0.15) is 26.7 Å². The Morgan fingerprint density at radius 3 is 2.23 bits per heavy atom.